The van der Waals surface area contributed by atoms with Crippen molar-refractivity contribution >= 4 is 23.5 Å². The third-order valence-electron chi connectivity index (χ3n) is 7.14. The molecule has 4 aromatic carbocycles. The number of ether oxygens (including phenoxy) is 1. The number of aliphatic carboxylic acids is 1. The monoisotopic (exact) mass is 585 g/mol. The Labute approximate surface area is 252 Å². The van der Waals surface area contributed by atoms with E-state index in [1.165, 1.54) is 0 Å². The average Bonchev–Trinajstić information content (AvgIpc) is 2.98. The number of carboxylic acid groups (broad SMARTS) is 2. The van der Waals surface area contributed by atoms with Crippen LogP contribution in [-0.2, 0) is 24.4 Å². The molecule has 0 unspecified atom stereocenters. The second-order valence-corrected chi connectivity index (χ2v) is 10.9. The lowest BCUT2D eigenvalue weighted by Gasteiger charge is -2.23. The maximum Gasteiger partial charge on any atom is 0.335 e. The van der Waals surface area contributed by atoms with Gasteiger partial charge in [-0.05, 0) is 90.9 Å². The molecule has 4 rings (SSSR count). The fraction of sp³-hybridized carbons (Fsp3) is 0.257. The van der Waals surface area contributed by atoms with Gasteiger partial charge < -0.3 is 14.9 Å². The number of benzene rings is 4. The number of hydrogen-bond donors (Lipinski definition) is 2. The number of aromatic carboxylic acids is 1. The lowest BCUT2D eigenvalue weighted by molar-refractivity contribution is -0.137. The van der Waals surface area contributed by atoms with Crippen LogP contribution in [0.25, 0.3) is 11.1 Å². The molecular weight excluding hydrogens is 550 g/mol. The molecule has 4 aromatic rings. The van der Waals surface area contributed by atoms with Gasteiger partial charge in [0.2, 0.25) is 0 Å². The second-order valence-electron chi connectivity index (χ2n) is 10.5. The molecule has 0 atom stereocenters. The van der Waals surface area contributed by atoms with Crippen LogP contribution in [0.3, 0.4) is 0 Å². The molecule has 0 saturated carbocycles. The summed E-state index contributed by atoms with van der Waals surface area (Å²) in [4.78, 5) is 24.5. The minimum atomic E-state index is -0.948. The number of rotatable bonds is 15. The summed E-state index contributed by atoms with van der Waals surface area (Å²) in [6, 6.07) is 29.2. The predicted molar refractivity (Wildman–Crippen MR) is 166 cm³/mol. The number of carboxylic acids is 2. The average molecular weight is 586 g/mol. The van der Waals surface area contributed by atoms with Crippen LogP contribution >= 0.6 is 11.6 Å². The van der Waals surface area contributed by atoms with Crippen LogP contribution in [0.2, 0.25) is 5.02 Å². The van der Waals surface area contributed by atoms with Crippen LogP contribution in [0.15, 0.2) is 91.0 Å². The Morgan fingerprint density at radius 2 is 1.55 bits per heavy atom. The van der Waals surface area contributed by atoms with Gasteiger partial charge in [-0.3, -0.25) is 9.69 Å². The van der Waals surface area contributed by atoms with Gasteiger partial charge in [0, 0.05) is 24.5 Å². The zero-order valence-corrected chi connectivity index (χ0v) is 24.5. The molecule has 42 heavy (non-hydrogen) atoms. The van der Waals surface area contributed by atoms with Gasteiger partial charge in [0.15, 0.2) is 0 Å². The van der Waals surface area contributed by atoms with Gasteiger partial charge in [0.05, 0.1) is 5.56 Å². The zero-order chi connectivity index (χ0) is 29.9. The first-order chi connectivity index (χ1) is 20.3. The number of hydrogen-bond acceptors (Lipinski definition) is 4. The quantitative estimate of drug-likeness (QED) is 0.138. The molecule has 218 valence electrons. The Morgan fingerprint density at radius 1 is 0.810 bits per heavy atom. The topological polar surface area (TPSA) is 87.1 Å². The number of aryl methyl sites for hydroxylation is 1. The number of unbranched alkanes of at least 4 members (excludes halogenated alkanes) is 1. The van der Waals surface area contributed by atoms with E-state index in [-0.39, 0.29) is 12.0 Å². The van der Waals surface area contributed by atoms with E-state index in [0.29, 0.717) is 24.6 Å². The van der Waals surface area contributed by atoms with Crippen molar-refractivity contribution in [1.82, 2.24) is 4.90 Å². The summed E-state index contributed by atoms with van der Waals surface area (Å²) in [5, 5.41) is 18.9. The van der Waals surface area contributed by atoms with Crippen LogP contribution in [0.1, 0.15) is 51.9 Å². The first-order valence-corrected chi connectivity index (χ1v) is 14.5. The molecule has 0 amide bonds. The smallest absolute Gasteiger partial charge is 0.335 e. The Kier molecular flexibility index (Phi) is 11.2. The first-order valence-electron chi connectivity index (χ1n) is 14.1. The van der Waals surface area contributed by atoms with Crippen molar-refractivity contribution in [2.24, 2.45) is 0 Å². The highest BCUT2D eigenvalue weighted by atomic mass is 35.5. The fourth-order valence-electron chi connectivity index (χ4n) is 4.84. The normalized spacial score (nSPS) is 11.0. The molecule has 0 aliphatic heterocycles. The molecule has 0 aliphatic rings. The molecule has 2 N–H and O–H groups in total. The molecule has 0 bridgehead atoms. The summed E-state index contributed by atoms with van der Waals surface area (Å²) in [6.45, 7) is 4.65. The Morgan fingerprint density at radius 3 is 2.24 bits per heavy atom. The van der Waals surface area contributed by atoms with Gasteiger partial charge in [0.1, 0.15) is 12.4 Å². The van der Waals surface area contributed by atoms with E-state index in [4.69, 9.17) is 21.4 Å². The van der Waals surface area contributed by atoms with Gasteiger partial charge in [-0.2, -0.15) is 0 Å². The minimum absolute atomic E-state index is 0.150. The Bertz CT molecular complexity index is 1480. The van der Waals surface area contributed by atoms with Crippen molar-refractivity contribution in [2.75, 3.05) is 13.1 Å². The second kappa shape index (κ2) is 15.2. The highest BCUT2D eigenvalue weighted by molar-refractivity contribution is 6.30. The number of carbonyl (C=O) groups is 2. The number of nitrogens with zero attached hydrogens (tertiary/aromatic N) is 1. The predicted octanol–water partition coefficient (Wildman–Crippen LogP) is 7.89. The molecule has 7 heteroatoms. The maximum atomic E-state index is 11.2. The van der Waals surface area contributed by atoms with Crippen molar-refractivity contribution in [3.05, 3.63) is 124 Å². The van der Waals surface area contributed by atoms with Crippen molar-refractivity contribution in [3.63, 3.8) is 0 Å². The van der Waals surface area contributed by atoms with Gasteiger partial charge >= 0.3 is 11.9 Å². The van der Waals surface area contributed by atoms with E-state index < -0.39 is 11.9 Å². The van der Waals surface area contributed by atoms with Crippen molar-refractivity contribution < 1.29 is 24.5 Å². The van der Waals surface area contributed by atoms with Gasteiger partial charge in [-0.25, -0.2) is 4.79 Å². The summed E-state index contributed by atoms with van der Waals surface area (Å²) in [5.41, 5.74) is 6.77. The third-order valence-corrected chi connectivity index (χ3v) is 7.38. The van der Waals surface area contributed by atoms with E-state index in [2.05, 4.69) is 48.2 Å². The van der Waals surface area contributed by atoms with Crippen molar-refractivity contribution in [3.8, 4) is 16.9 Å². The molecule has 0 fully saturated rings. The van der Waals surface area contributed by atoms with Crippen LogP contribution in [0.5, 0.6) is 5.75 Å². The third kappa shape index (κ3) is 9.47. The van der Waals surface area contributed by atoms with E-state index >= 15 is 0 Å². The van der Waals surface area contributed by atoms with E-state index in [9.17, 15) is 14.7 Å². The molecule has 0 radical (unpaired) electrons. The van der Waals surface area contributed by atoms with Gasteiger partial charge in [-0.1, -0.05) is 77.8 Å². The molecule has 0 spiro atoms. The van der Waals surface area contributed by atoms with Crippen LogP contribution in [0.4, 0.5) is 0 Å². The highest BCUT2D eigenvalue weighted by Gasteiger charge is 2.12. The Hall–Kier alpha value is -4.13. The zero-order valence-electron chi connectivity index (χ0n) is 23.8. The molecule has 6 nitrogen and oxygen atoms in total. The van der Waals surface area contributed by atoms with E-state index in [1.54, 1.807) is 12.1 Å². The summed E-state index contributed by atoms with van der Waals surface area (Å²) in [5.74, 6) is -0.890. The van der Waals surface area contributed by atoms with Crippen LogP contribution in [0, 0.1) is 6.92 Å². The minimum Gasteiger partial charge on any atom is -0.489 e. The SMILES string of the molecule is Cc1ccc(OCc2ccc(-c3cccc(Cl)c3)cc2)c(CCN(CCCCC(=O)O)Cc2ccc(C(=O)O)cc2)c1. The fourth-order valence-corrected chi connectivity index (χ4v) is 5.03. The largest absolute Gasteiger partial charge is 0.489 e. The summed E-state index contributed by atoms with van der Waals surface area (Å²) in [6.07, 6.45) is 2.29. The molecule has 0 aliphatic carbocycles. The standard InChI is InChI=1S/C35H36ClNO5/c1-25-8-17-33(42-24-27-11-13-28(14-12-27)30-5-4-6-32(36)22-30)31(21-25)18-20-37(19-3-2-7-34(38)39)23-26-9-15-29(16-10-26)35(40)41/h4-6,8-17,21-22H,2-3,7,18-20,23-24H2,1H3,(H,38,39)(H,40,41). The summed E-state index contributed by atoms with van der Waals surface area (Å²) < 4.78 is 6.29. The number of halogens is 1. The van der Waals surface area contributed by atoms with E-state index in [0.717, 1.165) is 65.1 Å². The molecular formula is C35H36ClNO5. The maximum absolute atomic E-state index is 11.2. The van der Waals surface area contributed by atoms with Crippen LogP contribution < -0.4 is 4.74 Å². The summed E-state index contributed by atoms with van der Waals surface area (Å²) in [7, 11) is 0. The highest BCUT2D eigenvalue weighted by Crippen LogP contribution is 2.25. The Balaban J connectivity index is 1.41. The van der Waals surface area contributed by atoms with E-state index in [1.807, 2.05) is 42.5 Å². The lowest BCUT2D eigenvalue weighted by atomic mass is 10.0. The summed E-state index contributed by atoms with van der Waals surface area (Å²) >= 11 is 6.15. The first kappa shape index (κ1) is 30.8. The lowest BCUT2D eigenvalue weighted by Crippen LogP contribution is -2.27. The van der Waals surface area contributed by atoms with Crippen molar-refractivity contribution in [1.29, 1.82) is 0 Å². The van der Waals surface area contributed by atoms with Crippen molar-refractivity contribution in [2.45, 2.75) is 45.8 Å². The van der Waals surface area contributed by atoms with Crippen LogP contribution in [-0.4, -0.2) is 40.1 Å². The van der Waals surface area contributed by atoms with Gasteiger partial charge in [-0.15, -0.1) is 0 Å². The molecule has 0 saturated heterocycles. The van der Waals surface area contributed by atoms with Gasteiger partial charge in [0.25, 0.3) is 0 Å². The molecule has 0 aromatic heterocycles. The molecule has 0 heterocycles.